The van der Waals surface area contributed by atoms with Crippen molar-refractivity contribution in [3.63, 3.8) is 0 Å². The molecule has 27 heavy (non-hydrogen) atoms. The Labute approximate surface area is 161 Å². The highest BCUT2D eigenvalue weighted by atomic mass is 35.5. The van der Waals surface area contributed by atoms with Crippen LogP contribution in [0.5, 0.6) is 5.75 Å². The highest BCUT2D eigenvalue weighted by Gasteiger charge is 2.24. The number of hydrogen-bond acceptors (Lipinski definition) is 5. The molecule has 1 amide bonds. The van der Waals surface area contributed by atoms with Gasteiger partial charge in [-0.2, -0.15) is 0 Å². The molecule has 7 nitrogen and oxygen atoms in total. The summed E-state index contributed by atoms with van der Waals surface area (Å²) in [7, 11) is -1.08. The van der Waals surface area contributed by atoms with Crippen molar-refractivity contribution in [2.24, 2.45) is 7.05 Å². The average Bonchev–Trinajstić information content (AvgIpc) is 3.03. The number of carbonyl (C=O) groups is 1. The summed E-state index contributed by atoms with van der Waals surface area (Å²) in [4.78, 5) is 16.6. The number of aryl methyl sites for hydroxylation is 1. The van der Waals surface area contributed by atoms with Crippen molar-refractivity contribution in [3.05, 3.63) is 65.4 Å². The van der Waals surface area contributed by atoms with Gasteiger partial charge in [0.2, 0.25) is 0 Å². The molecule has 0 radical (unpaired) electrons. The number of carbonyl (C=O) groups excluding carboxylic acids is 1. The minimum Gasteiger partial charge on any atom is -0.495 e. The van der Waals surface area contributed by atoms with Gasteiger partial charge in [0.15, 0.2) is 0 Å². The molecule has 0 saturated heterocycles. The van der Waals surface area contributed by atoms with Crippen LogP contribution in [-0.4, -0.2) is 31.0 Å². The second kappa shape index (κ2) is 7.42. The lowest BCUT2D eigenvalue weighted by Gasteiger charge is -2.09. The second-order valence-corrected chi connectivity index (χ2v) is 7.68. The molecule has 0 aliphatic rings. The first-order chi connectivity index (χ1) is 12.8. The molecule has 0 saturated carbocycles. The van der Waals surface area contributed by atoms with Gasteiger partial charge in [-0.1, -0.05) is 35.9 Å². The molecule has 1 N–H and O–H groups in total. The fraction of sp³-hybridized carbons (Fsp3) is 0.111. The van der Waals surface area contributed by atoms with E-state index >= 15 is 0 Å². The van der Waals surface area contributed by atoms with Gasteiger partial charge in [0.05, 0.1) is 12.1 Å². The van der Waals surface area contributed by atoms with Crippen LogP contribution in [0.15, 0.2) is 59.6 Å². The molecule has 1 heterocycles. The van der Waals surface area contributed by atoms with Gasteiger partial charge in [-0.05, 0) is 24.3 Å². The normalized spacial score (nSPS) is 11.2. The fourth-order valence-electron chi connectivity index (χ4n) is 2.54. The molecule has 0 unspecified atom stereocenters. The molecular formula is C18H16ClN3O4S. The topological polar surface area (TPSA) is 90.3 Å². The van der Waals surface area contributed by atoms with Crippen LogP contribution < -0.4 is 9.46 Å². The number of hydrogen-bond donors (Lipinski definition) is 1. The van der Waals surface area contributed by atoms with Crippen molar-refractivity contribution in [1.29, 1.82) is 0 Å². The molecule has 0 spiro atoms. The minimum atomic E-state index is -4.13. The number of ether oxygens (including phenoxy) is 1. The predicted molar refractivity (Wildman–Crippen MR) is 101 cm³/mol. The summed E-state index contributed by atoms with van der Waals surface area (Å²) in [6.45, 7) is 0. The summed E-state index contributed by atoms with van der Waals surface area (Å²) in [5.41, 5.74) is 0.583. The van der Waals surface area contributed by atoms with Gasteiger partial charge in [-0.3, -0.25) is 4.79 Å². The van der Waals surface area contributed by atoms with Crippen molar-refractivity contribution in [2.75, 3.05) is 7.11 Å². The summed E-state index contributed by atoms with van der Waals surface area (Å²) < 4.78 is 33.8. The number of benzene rings is 2. The van der Waals surface area contributed by atoms with Gasteiger partial charge < -0.3 is 9.30 Å². The van der Waals surface area contributed by atoms with Crippen molar-refractivity contribution >= 4 is 27.5 Å². The first-order valence-electron chi connectivity index (χ1n) is 7.82. The Morgan fingerprint density at radius 2 is 1.81 bits per heavy atom. The Balaban J connectivity index is 1.91. The van der Waals surface area contributed by atoms with Crippen LogP contribution in [0.3, 0.4) is 0 Å². The van der Waals surface area contributed by atoms with E-state index in [1.54, 1.807) is 41.9 Å². The van der Waals surface area contributed by atoms with Gasteiger partial charge in [-0.25, -0.2) is 18.1 Å². The van der Waals surface area contributed by atoms with Gasteiger partial charge in [0, 0.05) is 18.8 Å². The highest BCUT2D eigenvalue weighted by molar-refractivity contribution is 7.90. The summed E-state index contributed by atoms with van der Waals surface area (Å²) in [6.07, 6.45) is 1.44. The van der Waals surface area contributed by atoms with Gasteiger partial charge in [0.1, 0.15) is 22.2 Å². The summed E-state index contributed by atoms with van der Waals surface area (Å²) >= 11 is 6.18. The van der Waals surface area contributed by atoms with Crippen LogP contribution in [0.1, 0.15) is 10.5 Å². The van der Waals surface area contributed by atoms with E-state index in [9.17, 15) is 13.2 Å². The summed E-state index contributed by atoms with van der Waals surface area (Å²) in [5.74, 6) is -0.272. The van der Waals surface area contributed by atoms with E-state index < -0.39 is 15.9 Å². The van der Waals surface area contributed by atoms with Crippen molar-refractivity contribution in [3.8, 4) is 17.1 Å². The van der Waals surface area contributed by atoms with E-state index in [-0.39, 0.29) is 16.3 Å². The number of aromatic nitrogens is 2. The van der Waals surface area contributed by atoms with Crippen molar-refractivity contribution < 1.29 is 17.9 Å². The fourth-order valence-corrected chi connectivity index (χ4v) is 3.89. The Morgan fingerprint density at radius 3 is 2.52 bits per heavy atom. The second-order valence-electron chi connectivity index (χ2n) is 5.63. The summed E-state index contributed by atoms with van der Waals surface area (Å²) in [6, 6.07) is 13.1. The molecule has 0 bridgehead atoms. The molecule has 1 aromatic heterocycles. The minimum absolute atomic E-state index is 0.0501. The number of nitrogens with one attached hydrogen (secondary N) is 1. The largest absolute Gasteiger partial charge is 0.495 e. The first-order valence-corrected chi connectivity index (χ1v) is 9.68. The third-order valence-corrected chi connectivity index (χ3v) is 5.51. The highest BCUT2D eigenvalue weighted by Crippen LogP contribution is 2.27. The molecule has 0 fully saturated rings. The Kier molecular flexibility index (Phi) is 5.20. The number of imidazole rings is 1. The zero-order valence-corrected chi connectivity index (χ0v) is 16.1. The van der Waals surface area contributed by atoms with Crippen LogP contribution in [0.4, 0.5) is 0 Å². The molecule has 140 valence electrons. The molecule has 0 aliphatic carbocycles. The average molecular weight is 406 g/mol. The standard InChI is InChI=1S/C18H16ClN3O4S/c1-22-11-14(20-17(22)12-7-3-4-8-13(12)19)18(23)21-27(24,25)16-10-6-5-9-15(16)26-2/h3-11H,1-2H3,(H,21,23). The van der Waals surface area contributed by atoms with Crippen molar-refractivity contribution in [2.45, 2.75) is 4.90 Å². The first kappa shape index (κ1) is 18.9. The number of methoxy groups -OCH3 is 1. The number of rotatable bonds is 5. The number of nitrogens with zero attached hydrogens (tertiary/aromatic N) is 2. The lowest BCUT2D eigenvalue weighted by molar-refractivity contribution is 0.0977. The monoisotopic (exact) mass is 405 g/mol. The lowest BCUT2D eigenvalue weighted by Crippen LogP contribution is -2.31. The molecule has 2 aromatic carbocycles. The van der Waals surface area contributed by atoms with E-state index in [4.69, 9.17) is 16.3 Å². The van der Waals surface area contributed by atoms with E-state index in [1.807, 2.05) is 4.72 Å². The van der Waals surface area contributed by atoms with Gasteiger partial charge in [-0.15, -0.1) is 0 Å². The number of para-hydroxylation sites is 1. The van der Waals surface area contributed by atoms with Crippen LogP contribution in [-0.2, 0) is 17.1 Å². The Morgan fingerprint density at radius 1 is 1.15 bits per heavy atom. The molecule has 0 atom stereocenters. The Hall–Kier alpha value is -2.84. The number of amides is 1. The molecule has 3 aromatic rings. The van der Waals surface area contributed by atoms with Gasteiger partial charge >= 0.3 is 0 Å². The molecule has 9 heteroatoms. The number of halogens is 1. The third-order valence-electron chi connectivity index (χ3n) is 3.81. The lowest BCUT2D eigenvalue weighted by atomic mass is 10.2. The summed E-state index contributed by atoms with van der Waals surface area (Å²) in [5, 5.41) is 0.472. The van der Waals surface area contributed by atoms with E-state index in [0.717, 1.165) is 0 Å². The van der Waals surface area contributed by atoms with Gasteiger partial charge in [0.25, 0.3) is 15.9 Å². The molecule has 3 rings (SSSR count). The Bertz CT molecular complexity index is 1110. The molecular weight excluding hydrogens is 390 g/mol. The van der Waals surface area contributed by atoms with Crippen LogP contribution in [0, 0.1) is 0 Å². The SMILES string of the molecule is COc1ccccc1S(=O)(=O)NC(=O)c1cn(C)c(-c2ccccc2Cl)n1. The predicted octanol–water partition coefficient (Wildman–Crippen LogP) is 2.87. The van der Waals surface area contributed by atoms with E-state index in [0.29, 0.717) is 16.4 Å². The van der Waals surface area contributed by atoms with Crippen LogP contribution in [0.25, 0.3) is 11.4 Å². The smallest absolute Gasteiger partial charge is 0.285 e. The maximum Gasteiger partial charge on any atom is 0.285 e. The molecule has 0 aliphatic heterocycles. The van der Waals surface area contributed by atoms with Crippen molar-refractivity contribution in [1.82, 2.24) is 14.3 Å². The van der Waals surface area contributed by atoms with Crippen LogP contribution >= 0.6 is 11.6 Å². The van der Waals surface area contributed by atoms with Crippen LogP contribution in [0.2, 0.25) is 5.02 Å². The van der Waals surface area contributed by atoms with E-state index in [1.165, 1.54) is 31.5 Å². The maximum atomic E-state index is 12.5. The number of sulfonamides is 1. The zero-order chi connectivity index (χ0) is 19.6. The van der Waals surface area contributed by atoms with E-state index in [2.05, 4.69) is 4.98 Å². The quantitative estimate of drug-likeness (QED) is 0.704. The maximum absolute atomic E-state index is 12.5. The third kappa shape index (κ3) is 3.81. The zero-order valence-electron chi connectivity index (χ0n) is 14.5.